The van der Waals surface area contributed by atoms with Gasteiger partial charge in [-0.15, -0.1) is 0 Å². The van der Waals surface area contributed by atoms with Crippen LogP contribution in [0.5, 0.6) is 0 Å². The zero-order valence-electron chi connectivity index (χ0n) is 14.9. The molecule has 1 aliphatic carbocycles. The fourth-order valence-electron chi connectivity index (χ4n) is 3.58. The van der Waals surface area contributed by atoms with Crippen LogP contribution in [0.1, 0.15) is 28.1 Å². The van der Waals surface area contributed by atoms with Gasteiger partial charge in [0.15, 0.2) is 0 Å². The number of nitrogens with one attached hydrogen (secondary N) is 1. The average molecular weight is 352 g/mol. The number of benzene rings is 2. The number of carbonyl (C=O) groups excluding carboxylic acids is 1. The van der Waals surface area contributed by atoms with Crippen LogP contribution in [-0.4, -0.2) is 30.9 Å². The quantitative estimate of drug-likeness (QED) is 0.767. The molecule has 0 saturated heterocycles. The number of furan rings is 1. The van der Waals surface area contributed by atoms with Gasteiger partial charge in [0.1, 0.15) is 17.2 Å². The molecule has 2 aromatic carbocycles. The van der Waals surface area contributed by atoms with Gasteiger partial charge in [0.05, 0.1) is 0 Å². The standard InChI is InChI=1S/C21H21FN2O2/c1-24(2)16-8-10-20-18(12-16)17-11-13(3-9-19(17)26-20)21(25)23-15-6-4-14(22)5-7-15/h3-7,9,11,16H,8,10,12H2,1-2H3,(H,23,25). The van der Waals surface area contributed by atoms with Crippen LogP contribution in [0.3, 0.4) is 0 Å². The van der Waals surface area contributed by atoms with E-state index in [-0.39, 0.29) is 11.7 Å². The van der Waals surface area contributed by atoms with Crippen LogP contribution in [0.25, 0.3) is 11.0 Å². The number of aryl methyl sites for hydroxylation is 1. The summed E-state index contributed by atoms with van der Waals surface area (Å²) in [6.45, 7) is 0. The van der Waals surface area contributed by atoms with Gasteiger partial charge in [0.25, 0.3) is 5.91 Å². The number of anilines is 1. The molecule has 0 spiro atoms. The predicted molar refractivity (Wildman–Crippen MR) is 100 cm³/mol. The Bertz CT molecular complexity index is 960. The first-order valence-corrected chi connectivity index (χ1v) is 8.79. The van der Waals surface area contributed by atoms with Crippen molar-refractivity contribution in [2.45, 2.75) is 25.3 Å². The van der Waals surface area contributed by atoms with Crippen molar-refractivity contribution in [3.63, 3.8) is 0 Å². The molecule has 1 heterocycles. The third-order valence-electron chi connectivity index (χ3n) is 5.11. The number of halogens is 1. The van der Waals surface area contributed by atoms with Gasteiger partial charge in [-0.3, -0.25) is 4.79 Å². The number of hydrogen-bond acceptors (Lipinski definition) is 3. The van der Waals surface area contributed by atoms with Gasteiger partial charge in [0, 0.05) is 34.7 Å². The van der Waals surface area contributed by atoms with Crippen molar-refractivity contribution >= 4 is 22.6 Å². The number of amides is 1. The van der Waals surface area contributed by atoms with Crippen molar-refractivity contribution in [3.8, 4) is 0 Å². The summed E-state index contributed by atoms with van der Waals surface area (Å²) < 4.78 is 19.0. The molecule has 1 atom stereocenters. The maximum Gasteiger partial charge on any atom is 0.255 e. The summed E-state index contributed by atoms with van der Waals surface area (Å²) in [4.78, 5) is 14.8. The van der Waals surface area contributed by atoms with Crippen LogP contribution >= 0.6 is 0 Å². The van der Waals surface area contributed by atoms with Crippen molar-refractivity contribution in [2.75, 3.05) is 19.4 Å². The fraction of sp³-hybridized carbons (Fsp3) is 0.286. The summed E-state index contributed by atoms with van der Waals surface area (Å²) >= 11 is 0. The van der Waals surface area contributed by atoms with Gasteiger partial charge in [-0.25, -0.2) is 4.39 Å². The first kappa shape index (κ1) is 16.8. The second-order valence-corrected chi connectivity index (χ2v) is 7.04. The van der Waals surface area contributed by atoms with Crippen LogP contribution in [-0.2, 0) is 12.8 Å². The summed E-state index contributed by atoms with van der Waals surface area (Å²) in [5.41, 5.74) is 3.17. The Morgan fingerprint density at radius 2 is 1.96 bits per heavy atom. The number of likely N-dealkylation sites (N-methyl/N-ethyl adjacent to an activating group) is 1. The van der Waals surface area contributed by atoms with E-state index >= 15 is 0 Å². The molecule has 0 radical (unpaired) electrons. The Morgan fingerprint density at radius 3 is 2.69 bits per heavy atom. The Balaban J connectivity index is 1.64. The summed E-state index contributed by atoms with van der Waals surface area (Å²) in [6, 6.07) is 11.8. The number of rotatable bonds is 3. The smallest absolute Gasteiger partial charge is 0.255 e. The van der Waals surface area contributed by atoms with E-state index in [0.717, 1.165) is 36.0 Å². The molecular weight excluding hydrogens is 331 g/mol. The monoisotopic (exact) mass is 352 g/mol. The van der Waals surface area contributed by atoms with E-state index < -0.39 is 0 Å². The lowest BCUT2D eigenvalue weighted by molar-refractivity contribution is 0.102. The van der Waals surface area contributed by atoms with Crippen molar-refractivity contribution in [1.82, 2.24) is 4.90 Å². The first-order valence-electron chi connectivity index (χ1n) is 8.79. The zero-order valence-corrected chi connectivity index (χ0v) is 14.9. The second kappa shape index (κ2) is 6.57. The number of fused-ring (bicyclic) bond motifs is 3. The molecule has 4 rings (SSSR count). The maximum atomic E-state index is 13.0. The topological polar surface area (TPSA) is 45.5 Å². The van der Waals surface area contributed by atoms with Gasteiger partial charge in [-0.2, -0.15) is 0 Å². The van der Waals surface area contributed by atoms with Gasteiger partial charge >= 0.3 is 0 Å². The number of carbonyl (C=O) groups is 1. The minimum absolute atomic E-state index is 0.214. The molecule has 3 aromatic rings. The minimum atomic E-state index is -0.329. The summed E-state index contributed by atoms with van der Waals surface area (Å²) in [7, 11) is 4.19. The molecular formula is C21H21FN2O2. The molecule has 0 fully saturated rings. The molecule has 0 saturated carbocycles. The lowest BCUT2D eigenvalue weighted by Crippen LogP contribution is -2.33. The summed E-state index contributed by atoms with van der Waals surface area (Å²) in [5, 5.41) is 3.82. The highest BCUT2D eigenvalue weighted by atomic mass is 19.1. The van der Waals surface area contributed by atoms with Gasteiger partial charge < -0.3 is 14.6 Å². The van der Waals surface area contributed by atoms with E-state index in [1.807, 2.05) is 12.1 Å². The third kappa shape index (κ3) is 3.10. The molecule has 0 aliphatic heterocycles. The normalized spacial score (nSPS) is 16.7. The third-order valence-corrected chi connectivity index (χ3v) is 5.11. The highest BCUT2D eigenvalue weighted by Gasteiger charge is 2.25. The van der Waals surface area contributed by atoms with Crippen LogP contribution in [0.4, 0.5) is 10.1 Å². The van der Waals surface area contributed by atoms with E-state index in [1.54, 1.807) is 18.2 Å². The fourth-order valence-corrected chi connectivity index (χ4v) is 3.58. The highest BCUT2D eigenvalue weighted by Crippen LogP contribution is 2.33. The molecule has 134 valence electrons. The number of hydrogen-bond donors (Lipinski definition) is 1. The lowest BCUT2D eigenvalue weighted by Gasteiger charge is -2.27. The van der Waals surface area contributed by atoms with Crippen LogP contribution in [0.15, 0.2) is 46.9 Å². The summed E-state index contributed by atoms with van der Waals surface area (Å²) in [5.74, 6) is 0.493. The van der Waals surface area contributed by atoms with Crippen LogP contribution < -0.4 is 5.32 Å². The largest absolute Gasteiger partial charge is 0.461 e. The van der Waals surface area contributed by atoms with Crippen molar-refractivity contribution < 1.29 is 13.6 Å². The molecule has 1 unspecified atom stereocenters. The number of nitrogens with zero attached hydrogens (tertiary/aromatic N) is 1. The van der Waals surface area contributed by atoms with E-state index in [4.69, 9.17) is 4.42 Å². The Morgan fingerprint density at radius 1 is 1.19 bits per heavy atom. The first-order chi connectivity index (χ1) is 12.5. The van der Waals surface area contributed by atoms with E-state index in [0.29, 0.717) is 17.3 Å². The van der Waals surface area contributed by atoms with E-state index in [9.17, 15) is 9.18 Å². The lowest BCUT2D eigenvalue weighted by atomic mass is 9.91. The Labute approximate surface area is 151 Å². The molecule has 5 heteroatoms. The molecule has 4 nitrogen and oxygen atoms in total. The van der Waals surface area contributed by atoms with Crippen LogP contribution in [0, 0.1) is 5.82 Å². The maximum absolute atomic E-state index is 13.0. The van der Waals surface area contributed by atoms with Crippen LogP contribution in [0.2, 0.25) is 0 Å². The van der Waals surface area contributed by atoms with Crippen molar-refractivity contribution in [2.24, 2.45) is 0 Å². The molecule has 1 aliphatic rings. The Hall–Kier alpha value is -2.66. The molecule has 26 heavy (non-hydrogen) atoms. The Kier molecular flexibility index (Phi) is 4.24. The SMILES string of the molecule is CN(C)C1CCc2oc3ccc(C(=O)Nc4ccc(F)cc4)cc3c2C1. The van der Waals surface area contributed by atoms with Gasteiger partial charge in [-0.05, 0) is 69.4 Å². The molecule has 1 aromatic heterocycles. The van der Waals surface area contributed by atoms with Crippen molar-refractivity contribution in [1.29, 1.82) is 0 Å². The highest BCUT2D eigenvalue weighted by molar-refractivity contribution is 6.06. The molecule has 0 bridgehead atoms. The summed E-state index contributed by atoms with van der Waals surface area (Å²) in [6.07, 6.45) is 2.93. The molecule has 1 N–H and O–H groups in total. The zero-order chi connectivity index (χ0) is 18.3. The average Bonchev–Trinajstić information content (AvgIpc) is 3.00. The molecule has 1 amide bonds. The van der Waals surface area contributed by atoms with Gasteiger partial charge in [0.2, 0.25) is 0 Å². The van der Waals surface area contributed by atoms with E-state index in [2.05, 4.69) is 24.3 Å². The minimum Gasteiger partial charge on any atom is -0.461 e. The van der Waals surface area contributed by atoms with Gasteiger partial charge in [-0.1, -0.05) is 0 Å². The predicted octanol–water partition coefficient (Wildman–Crippen LogP) is 4.24. The van der Waals surface area contributed by atoms with Crippen molar-refractivity contribution in [3.05, 3.63) is 65.2 Å². The van der Waals surface area contributed by atoms with E-state index in [1.165, 1.54) is 17.7 Å². The second-order valence-electron chi connectivity index (χ2n) is 7.04.